The molecule has 6 heteroatoms. The van der Waals surface area contributed by atoms with E-state index in [0.29, 0.717) is 19.3 Å². The highest BCUT2D eigenvalue weighted by Gasteiger charge is 2.24. The molecule has 53 heavy (non-hydrogen) atoms. The van der Waals surface area contributed by atoms with Gasteiger partial charge in [-0.05, 0) is 51.4 Å². The van der Waals surface area contributed by atoms with Gasteiger partial charge >= 0.3 is 5.97 Å². The maximum Gasteiger partial charge on any atom is 0.306 e. The zero-order valence-electron chi connectivity index (χ0n) is 35.7. The average molecular weight is 750 g/mol. The number of allylic oxidation sites excluding steroid dienone is 2. The maximum atomic E-state index is 13.1. The van der Waals surface area contributed by atoms with Crippen molar-refractivity contribution in [2.45, 2.75) is 270 Å². The minimum absolute atomic E-state index is 0.0764. The molecular formula is C47H91NO5. The van der Waals surface area contributed by atoms with E-state index in [9.17, 15) is 19.8 Å². The van der Waals surface area contributed by atoms with Crippen LogP contribution in [0.1, 0.15) is 252 Å². The SMILES string of the molecule is CCCCCCCC/C=C\CCCCCC(=O)OC(CCCCCCCCC)CC(=O)NC(CO)C(O)CCCCCCCCCCCCCCCC. The smallest absolute Gasteiger partial charge is 0.306 e. The van der Waals surface area contributed by atoms with Crippen molar-refractivity contribution in [2.75, 3.05) is 6.61 Å². The molecule has 3 unspecified atom stereocenters. The fourth-order valence-corrected chi connectivity index (χ4v) is 7.25. The third kappa shape index (κ3) is 37.3. The zero-order valence-corrected chi connectivity index (χ0v) is 35.7. The zero-order chi connectivity index (χ0) is 38.9. The largest absolute Gasteiger partial charge is 0.462 e. The molecule has 0 saturated heterocycles. The Morgan fingerprint density at radius 2 is 0.906 bits per heavy atom. The van der Waals surface area contributed by atoms with Crippen LogP contribution in [0.2, 0.25) is 0 Å². The van der Waals surface area contributed by atoms with Crippen LogP contribution in [-0.2, 0) is 14.3 Å². The fourth-order valence-electron chi connectivity index (χ4n) is 7.25. The summed E-state index contributed by atoms with van der Waals surface area (Å²) in [5.41, 5.74) is 0. The lowest BCUT2D eigenvalue weighted by atomic mass is 10.0. The van der Waals surface area contributed by atoms with E-state index < -0.39 is 18.2 Å². The molecule has 0 aliphatic heterocycles. The number of nitrogens with one attached hydrogen (secondary N) is 1. The summed E-state index contributed by atoms with van der Waals surface area (Å²) in [5.74, 6) is -0.488. The van der Waals surface area contributed by atoms with Gasteiger partial charge in [0.15, 0.2) is 0 Å². The van der Waals surface area contributed by atoms with Crippen LogP contribution in [0, 0.1) is 0 Å². The van der Waals surface area contributed by atoms with Gasteiger partial charge in [-0.1, -0.05) is 200 Å². The molecule has 0 fully saturated rings. The molecule has 314 valence electrons. The van der Waals surface area contributed by atoms with Gasteiger partial charge < -0.3 is 20.3 Å². The van der Waals surface area contributed by atoms with E-state index in [1.807, 2.05) is 0 Å². The van der Waals surface area contributed by atoms with Crippen molar-refractivity contribution in [3.8, 4) is 0 Å². The van der Waals surface area contributed by atoms with Gasteiger partial charge in [-0.3, -0.25) is 9.59 Å². The van der Waals surface area contributed by atoms with Gasteiger partial charge in [-0.15, -0.1) is 0 Å². The predicted molar refractivity (Wildman–Crippen MR) is 227 cm³/mol. The first-order valence-corrected chi connectivity index (χ1v) is 23.4. The molecule has 1 amide bonds. The van der Waals surface area contributed by atoms with E-state index in [4.69, 9.17) is 4.74 Å². The van der Waals surface area contributed by atoms with Crippen molar-refractivity contribution in [2.24, 2.45) is 0 Å². The molecule has 0 aromatic heterocycles. The molecule has 0 spiro atoms. The Morgan fingerprint density at radius 1 is 0.528 bits per heavy atom. The highest BCUT2D eigenvalue weighted by molar-refractivity contribution is 5.77. The minimum Gasteiger partial charge on any atom is -0.462 e. The van der Waals surface area contributed by atoms with Gasteiger partial charge in [0, 0.05) is 6.42 Å². The quantitative estimate of drug-likeness (QED) is 0.0328. The number of esters is 1. The van der Waals surface area contributed by atoms with Crippen molar-refractivity contribution in [1.29, 1.82) is 0 Å². The Morgan fingerprint density at radius 3 is 1.34 bits per heavy atom. The summed E-state index contributed by atoms with van der Waals surface area (Å²) in [5, 5.41) is 23.6. The van der Waals surface area contributed by atoms with Crippen LogP contribution in [0.3, 0.4) is 0 Å². The van der Waals surface area contributed by atoms with Gasteiger partial charge in [0.1, 0.15) is 6.10 Å². The second-order valence-corrected chi connectivity index (χ2v) is 16.2. The number of unbranched alkanes of at least 4 members (excludes halogenated alkanes) is 28. The van der Waals surface area contributed by atoms with Gasteiger partial charge in [0.25, 0.3) is 0 Å². The molecule has 6 nitrogen and oxygen atoms in total. The number of aliphatic hydroxyl groups excluding tert-OH is 2. The lowest BCUT2D eigenvalue weighted by molar-refractivity contribution is -0.151. The Labute approximate surface area is 329 Å². The number of rotatable bonds is 42. The van der Waals surface area contributed by atoms with E-state index in [2.05, 4.69) is 38.2 Å². The number of hydrogen-bond acceptors (Lipinski definition) is 5. The van der Waals surface area contributed by atoms with Crippen molar-refractivity contribution in [3.63, 3.8) is 0 Å². The average Bonchev–Trinajstić information content (AvgIpc) is 3.15. The topological polar surface area (TPSA) is 95.9 Å². The highest BCUT2D eigenvalue weighted by Crippen LogP contribution is 2.17. The van der Waals surface area contributed by atoms with E-state index in [-0.39, 0.29) is 24.9 Å². The second kappa shape index (κ2) is 41.8. The van der Waals surface area contributed by atoms with Crippen molar-refractivity contribution in [1.82, 2.24) is 5.32 Å². The van der Waals surface area contributed by atoms with E-state index in [0.717, 1.165) is 57.8 Å². The summed E-state index contributed by atoms with van der Waals surface area (Å²) >= 11 is 0. The summed E-state index contributed by atoms with van der Waals surface area (Å²) in [6.45, 7) is 6.44. The molecule has 0 heterocycles. The molecule has 0 aromatic carbocycles. The summed E-state index contributed by atoms with van der Waals surface area (Å²) in [6, 6.07) is -0.695. The molecule has 0 aliphatic rings. The summed E-state index contributed by atoms with van der Waals surface area (Å²) in [4.78, 5) is 25.9. The van der Waals surface area contributed by atoms with E-state index in [1.54, 1.807) is 0 Å². The fraction of sp³-hybridized carbons (Fsp3) is 0.915. The third-order valence-corrected chi connectivity index (χ3v) is 10.8. The van der Waals surface area contributed by atoms with Crippen LogP contribution in [-0.4, -0.2) is 46.9 Å². The molecule has 0 saturated carbocycles. The number of carbonyl (C=O) groups is 2. The molecule has 0 rings (SSSR count). The third-order valence-electron chi connectivity index (χ3n) is 10.8. The van der Waals surface area contributed by atoms with Crippen LogP contribution in [0.25, 0.3) is 0 Å². The Hall–Kier alpha value is -1.40. The summed E-state index contributed by atoms with van der Waals surface area (Å²) < 4.78 is 5.87. The number of carbonyl (C=O) groups excluding carboxylic acids is 2. The first-order valence-electron chi connectivity index (χ1n) is 23.4. The number of amides is 1. The first-order chi connectivity index (χ1) is 26.0. The summed E-state index contributed by atoms with van der Waals surface area (Å²) in [7, 11) is 0. The molecule has 3 N–H and O–H groups in total. The Kier molecular flexibility index (Phi) is 40.7. The molecule has 0 radical (unpaired) electrons. The van der Waals surface area contributed by atoms with E-state index in [1.165, 1.54) is 148 Å². The molecular weight excluding hydrogens is 659 g/mol. The number of ether oxygens (including phenoxy) is 1. The van der Waals surface area contributed by atoms with Gasteiger partial charge in [-0.25, -0.2) is 0 Å². The molecule has 0 aliphatic carbocycles. The molecule has 3 atom stereocenters. The first kappa shape index (κ1) is 51.6. The van der Waals surface area contributed by atoms with Crippen molar-refractivity contribution in [3.05, 3.63) is 12.2 Å². The molecule has 0 bridgehead atoms. The molecule has 0 aromatic rings. The Bertz CT molecular complexity index is 802. The Balaban J connectivity index is 4.41. The second-order valence-electron chi connectivity index (χ2n) is 16.2. The van der Waals surface area contributed by atoms with Crippen LogP contribution in [0.5, 0.6) is 0 Å². The van der Waals surface area contributed by atoms with Crippen LogP contribution in [0.4, 0.5) is 0 Å². The van der Waals surface area contributed by atoms with Crippen molar-refractivity contribution >= 4 is 11.9 Å². The van der Waals surface area contributed by atoms with Gasteiger partial charge in [-0.2, -0.15) is 0 Å². The number of hydrogen-bond donors (Lipinski definition) is 3. The van der Waals surface area contributed by atoms with Crippen LogP contribution < -0.4 is 5.32 Å². The monoisotopic (exact) mass is 750 g/mol. The normalized spacial score (nSPS) is 13.4. The van der Waals surface area contributed by atoms with Gasteiger partial charge in [0.2, 0.25) is 5.91 Å². The van der Waals surface area contributed by atoms with Crippen LogP contribution >= 0.6 is 0 Å². The number of aliphatic hydroxyl groups is 2. The van der Waals surface area contributed by atoms with Crippen molar-refractivity contribution < 1.29 is 24.5 Å². The maximum absolute atomic E-state index is 13.1. The standard InChI is InChI=1S/C47H91NO5/c1-4-7-10-13-16-18-20-22-24-25-27-30-33-36-39-45(50)44(42-49)48-46(51)41-43(38-35-32-29-15-12-9-6-3)53-47(52)40-37-34-31-28-26-23-21-19-17-14-11-8-5-2/h23,26,43-45,49-50H,4-22,24-25,27-42H2,1-3H3,(H,48,51)/b26-23-. The highest BCUT2D eigenvalue weighted by atomic mass is 16.5. The predicted octanol–water partition coefficient (Wildman–Crippen LogP) is 13.4. The van der Waals surface area contributed by atoms with Gasteiger partial charge in [0.05, 0.1) is 25.2 Å². The minimum atomic E-state index is -0.782. The lowest BCUT2D eigenvalue weighted by Crippen LogP contribution is -2.46. The lowest BCUT2D eigenvalue weighted by Gasteiger charge is -2.24. The summed E-state index contributed by atoms with van der Waals surface area (Å²) in [6.07, 6.45) is 44.2. The van der Waals surface area contributed by atoms with Crippen LogP contribution in [0.15, 0.2) is 12.2 Å². The van der Waals surface area contributed by atoms with E-state index >= 15 is 0 Å².